The van der Waals surface area contributed by atoms with Crippen molar-refractivity contribution >= 4 is 38.8 Å². The van der Waals surface area contributed by atoms with Crippen molar-refractivity contribution in [2.45, 2.75) is 6.92 Å². The number of hydrogen-bond acceptors (Lipinski definition) is 7. The first-order valence-corrected chi connectivity index (χ1v) is 7.78. The topological polar surface area (TPSA) is 107 Å². The number of benzene rings is 1. The van der Waals surface area contributed by atoms with E-state index < -0.39 is 10.8 Å². The molecule has 9 heteroatoms. The van der Waals surface area contributed by atoms with Crippen LogP contribution in [0.3, 0.4) is 0 Å². The van der Waals surface area contributed by atoms with E-state index in [2.05, 4.69) is 15.3 Å². The van der Waals surface area contributed by atoms with Crippen LogP contribution in [0.2, 0.25) is 0 Å². The van der Waals surface area contributed by atoms with Crippen molar-refractivity contribution in [1.82, 2.24) is 9.97 Å². The van der Waals surface area contributed by atoms with E-state index in [1.54, 1.807) is 19.1 Å². The number of nitro groups is 1. The Morgan fingerprint density at radius 3 is 3.00 bits per heavy atom. The van der Waals surface area contributed by atoms with E-state index in [9.17, 15) is 14.9 Å². The number of anilines is 1. The van der Waals surface area contributed by atoms with Gasteiger partial charge in [0.1, 0.15) is 11.2 Å². The van der Waals surface area contributed by atoms with Crippen LogP contribution < -0.4 is 10.1 Å². The molecule has 0 saturated carbocycles. The first-order chi connectivity index (χ1) is 11.5. The first kappa shape index (κ1) is 15.8. The highest BCUT2D eigenvalue weighted by Gasteiger charge is 2.13. The number of rotatable bonds is 5. The van der Waals surface area contributed by atoms with Gasteiger partial charge in [0, 0.05) is 17.3 Å². The summed E-state index contributed by atoms with van der Waals surface area (Å²) in [6, 6.07) is 6.31. The van der Waals surface area contributed by atoms with Gasteiger partial charge in [-0.2, -0.15) is 0 Å². The Balaban J connectivity index is 1.67. The second-order valence-electron chi connectivity index (χ2n) is 4.91. The summed E-state index contributed by atoms with van der Waals surface area (Å²) in [4.78, 5) is 31.3. The lowest BCUT2D eigenvalue weighted by atomic mass is 10.2. The number of carbonyl (C=O) groups excluding carboxylic acids is 1. The van der Waals surface area contributed by atoms with E-state index in [4.69, 9.17) is 4.74 Å². The summed E-state index contributed by atoms with van der Waals surface area (Å²) in [5, 5.41) is 16.1. The van der Waals surface area contributed by atoms with Crippen LogP contribution in [0.1, 0.15) is 5.56 Å². The molecule has 122 valence electrons. The zero-order valence-corrected chi connectivity index (χ0v) is 13.4. The van der Waals surface area contributed by atoms with Crippen molar-refractivity contribution in [3.8, 4) is 5.88 Å². The molecule has 8 nitrogen and oxygen atoms in total. The second-order valence-corrected chi connectivity index (χ2v) is 5.81. The fourth-order valence-corrected chi connectivity index (χ4v) is 2.82. The highest BCUT2D eigenvalue weighted by Crippen LogP contribution is 2.25. The molecule has 0 aliphatic carbocycles. The molecule has 1 aromatic carbocycles. The maximum atomic E-state index is 12.0. The highest BCUT2D eigenvalue weighted by molar-refractivity contribution is 7.16. The van der Waals surface area contributed by atoms with Gasteiger partial charge in [0.25, 0.3) is 11.6 Å². The van der Waals surface area contributed by atoms with E-state index in [-0.39, 0.29) is 12.3 Å². The number of thiophene rings is 1. The summed E-state index contributed by atoms with van der Waals surface area (Å²) in [6.07, 6.45) is 1.37. The van der Waals surface area contributed by atoms with Gasteiger partial charge in [-0.3, -0.25) is 14.9 Å². The molecule has 24 heavy (non-hydrogen) atoms. The molecule has 0 unspecified atom stereocenters. The summed E-state index contributed by atoms with van der Waals surface area (Å²) in [5.41, 5.74) is 0.809. The Hall–Kier alpha value is -3.07. The molecule has 0 spiro atoms. The molecular formula is C15H12N4O4S. The van der Waals surface area contributed by atoms with Crippen LogP contribution in [-0.4, -0.2) is 27.4 Å². The van der Waals surface area contributed by atoms with E-state index in [1.165, 1.54) is 23.7 Å². The van der Waals surface area contributed by atoms with Crippen molar-refractivity contribution in [1.29, 1.82) is 0 Å². The van der Waals surface area contributed by atoms with Crippen LogP contribution in [-0.2, 0) is 4.79 Å². The van der Waals surface area contributed by atoms with Crippen LogP contribution in [0.15, 0.2) is 36.0 Å². The van der Waals surface area contributed by atoms with Gasteiger partial charge < -0.3 is 10.1 Å². The molecule has 3 rings (SSSR count). The smallest absolute Gasteiger partial charge is 0.274 e. The minimum absolute atomic E-state index is 0.0514. The third kappa shape index (κ3) is 3.30. The number of nitrogens with zero attached hydrogens (tertiary/aromatic N) is 3. The Labute approximate surface area is 140 Å². The number of nitrogens with one attached hydrogen (secondary N) is 1. The zero-order valence-electron chi connectivity index (χ0n) is 12.6. The number of nitro benzene ring substituents is 1. The molecule has 0 fully saturated rings. The number of ether oxygens (including phenoxy) is 1. The molecule has 2 heterocycles. The lowest BCUT2D eigenvalue weighted by Gasteiger charge is -2.08. The predicted octanol–water partition coefficient (Wildman–Crippen LogP) is 2.93. The number of carbonyl (C=O) groups is 1. The average molecular weight is 344 g/mol. The third-order valence-electron chi connectivity index (χ3n) is 3.25. The average Bonchev–Trinajstić information content (AvgIpc) is 3.03. The number of aromatic nitrogens is 2. The monoisotopic (exact) mass is 344 g/mol. The molecular weight excluding hydrogens is 332 g/mol. The van der Waals surface area contributed by atoms with Gasteiger partial charge in [-0.25, -0.2) is 9.97 Å². The summed E-state index contributed by atoms with van der Waals surface area (Å²) >= 11 is 1.45. The molecule has 0 aliphatic heterocycles. The lowest BCUT2D eigenvalue weighted by molar-refractivity contribution is -0.385. The van der Waals surface area contributed by atoms with Crippen molar-refractivity contribution in [2.75, 3.05) is 11.9 Å². The molecule has 1 N–H and O–H groups in total. The van der Waals surface area contributed by atoms with E-state index in [0.29, 0.717) is 17.1 Å². The van der Waals surface area contributed by atoms with Gasteiger partial charge in [0.05, 0.1) is 10.3 Å². The molecule has 2 aromatic heterocycles. The number of aryl methyl sites for hydroxylation is 1. The molecule has 1 amide bonds. The fourth-order valence-electron chi connectivity index (χ4n) is 2.10. The van der Waals surface area contributed by atoms with E-state index >= 15 is 0 Å². The van der Waals surface area contributed by atoms with Crippen molar-refractivity contribution in [3.05, 3.63) is 51.7 Å². The predicted molar refractivity (Wildman–Crippen MR) is 89.4 cm³/mol. The summed E-state index contributed by atoms with van der Waals surface area (Å²) in [6.45, 7) is 1.37. The Kier molecular flexibility index (Phi) is 4.34. The van der Waals surface area contributed by atoms with Gasteiger partial charge in [-0.05, 0) is 24.4 Å². The van der Waals surface area contributed by atoms with Gasteiger partial charge in [0.2, 0.25) is 5.88 Å². The van der Waals surface area contributed by atoms with Crippen molar-refractivity contribution < 1.29 is 14.5 Å². The third-order valence-corrected chi connectivity index (χ3v) is 4.08. The molecule has 0 atom stereocenters. The quantitative estimate of drug-likeness (QED) is 0.563. The van der Waals surface area contributed by atoms with Gasteiger partial charge in [-0.1, -0.05) is 6.07 Å². The van der Waals surface area contributed by atoms with Gasteiger partial charge in [-0.15, -0.1) is 11.3 Å². The minimum atomic E-state index is -0.490. The molecule has 0 saturated heterocycles. The minimum Gasteiger partial charge on any atom is -0.467 e. The number of amides is 1. The highest BCUT2D eigenvalue weighted by atomic mass is 32.1. The number of hydrogen-bond donors (Lipinski definition) is 1. The van der Waals surface area contributed by atoms with Crippen molar-refractivity contribution in [3.63, 3.8) is 0 Å². The second kappa shape index (κ2) is 6.59. The molecule has 3 aromatic rings. The Morgan fingerprint density at radius 2 is 2.21 bits per heavy atom. The van der Waals surface area contributed by atoms with Crippen molar-refractivity contribution in [2.24, 2.45) is 0 Å². The zero-order chi connectivity index (χ0) is 17.1. The van der Waals surface area contributed by atoms with Crippen LogP contribution >= 0.6 is 11.3 Å². The van der Waals surface area contributed by atoms with Crippen LogP contribution in [0.4, 0.5) is 11.4 Å². The van der Waals surface area contributed by atoms with Crippen LogP contribution in [0.5, 0.6) is 5.88 Å². The largest absolute Gasteiger partial charge is 0.467 e. The summed E-state index contributed by atoms with van der Waals surface area (Å²) in [7, 11) is 0. The summed E-state index contributed by atoms with van der Waals surface area (Å²) in [5.74, 6) is -0.110. The molecule has 0 radical (unpaired) electrons. The van der Waals surface area contributed by atoms with E-state index in [1.807, 2.05) is 11.4 Å². The normalized spacial score (nSPS) is 10.5. The standard InChI is InChI=1S/C15H12N4O4S/c1-9-2-3-10(6-12(9)19(21)22)18-13(20)7-23-14-11-4-5-24-15(11)17-8-16-14/h2-6,8H,7H2,1H3,(H,18,20). The molecule has 0 bridgehead atoms. The summed E-state index contributed by atoms with van der Waals surface area (Å²) < 4.78 is 5.42. The maximum absolute atomic E-state index is 12.0. The van der Waals surface area contributed by atoms with Gasteiger partial charge >= 0.3 is 0 Å². The first-order valence-electron chi connectivity index (χ1n) is 6.90. The lowest BCUT2D eigenvalue weighted by Crippen LogP contribution is -2.20. The van der Waals surface area contributed by atoms with Gasteiger partial charge in [0.15, 0.2) is 6.61 Å². The molecule has 0 aliphatic rings. The Morgan fingerprint density at radius 1 is 1.38 bits per heavy atom. The SMILES string of the molecule is Cc1ccc(NC(=O)COc2ncnc3sccc23)cc1[N+](=O)[O-]. The van der Waals surface area contributed by atoms with E-state index in [0.717, 1.165) is 10.2 Å². The van der Waals surface area contributed by atoms with Crippen LogP contribution in [0.25, 0.3) is 10.2 Å². The maximum Gasteiger partial charge on any atom is 0.274 e. The number of fused-ring (bicyclic) bond motifs is 1. The van der Waals surface area contributed by atoms with Crippen LogP contribution in [0, 0.1) is 17.0 Å². The Bertz CT molecular complexity index is 925. The fraction of sp³-hybridized carbons (Fsp3) is 0.133.